The Labute approximate surface area is 180 Å². The van der Waals surface area contributed by atoms with Crippen LogP contribution in [-0.2, 0) is 0 Å². The van der Waals surface area contributed by atoms with E-state index < -0.39 is 0 Å². The zero-order valence-corrected chi connectivity index (χ0v) is 19.1. The van der Waals surface area contributed by atoms with Crippen LogP contribution in [0.5, 0.6) is 0 Å². The Bertz CT molecular complexity index is 444. The smallest absolute Gasteiger partial charge is 0.0189 e. The summed E-state index contributed by atoms with van der Waals surface area (Å²) in [4.78, 5) is 0. The quantitative estimate of drug-likeness (QED) is 0.297. The summed E-state index contributed by atoms with van der Waals surface area (Å²) in [6.07, 6.45) is 15.9. The van der Waals surface area contributed by atoms with Gasteiger partial charge in [0.25, 0.3) is 0 Å². The van der Waals surface area contributed by atoms with Gasteiger partial charge >= 0.3 is 0 Å². The van der Waals surface area contributed by atoms with Crippen molar-refractivity contribution in [3.05, 3.63) is 0 Å². The predicted octanol–water partition coefficient (Wildman–Crippen LogP) is 3.53. The number of hydrogen-bond donors (Lipinski definition) is 4. The lowest BCUT2D eigenvalue weighted by molar-refractivity contribution is -0.0195. The van der Waals surface area contributed by atoms with Crippen molar-refractivity contribution >= 4 is 0 Å². The van der Waals surface area contributed by atoms with Crippen molar-refractivity contribution < 1.29 is 0 Å². The van der Waals surface area contributed by atoms with Crippen LogP contribution in [0.2, 0.25) is 0 Å². The molecule has 0 saturated heterocycles. The highest BCUT2D eigenvalue weighted by Gasteiger charge is 2.50. The molecule has 0 spiro atoms. The minimum Gasteiger partial charge on any atom is -0.317 e. The van der Waals surface area contributed by atoms with Crippen LogP contribution in [0.3, 0.4) is 0 Å². The summed E-state index contributed by atoms with van der Waals surface area (Å²) in [6, 6.07) is 0. The molecule has 0 aromatic rings. The zero-order valence-electron chi connectivity index (χ0n) is 19.1. The third-order valence-electron chi connectivity index (χ3n) is 8.41. The summed E-state index contributed by atoms with van der Waals surface area (Å²) >= 11 is 0. The molecule has 5 saturated carbocycles. The van der Waals surface area contributed by atoms with Crippen LogP contribution < -0.4 is 21.3 Å². The highest BCUT2D eigenvalue weighted by atomic mass is 15.0. The van der Waals surface area contributed by atoms with E-state index in [0.29, 0.717) is 5.54 Å². The molecule has 0 heterocycles. The fraction of sp³-hybridized carbons (Fsp3) is 1.00. The van der Waals surface area contributed by atoms with E-state index in [1.807, 2.05) is 0 Å². The summed E-state index contributed by atoms with van der Waals surface area (Å²) in [6.45, 7) is 10.6. The number of unbranched alkanes of at least 4 members (excludes halogenated alkanes) is 2. The van der Waals surface area contributed by atoms with Crippen LogP contribution in [-0.4, -0.2) is 51.4 Å². The van der Waals surface area contributed by atoms with Crippen molar-refractivity contribution in [2.24, 2.45) is 29.6 Å². The van der Waals surface area contributed by atoms with Crippen LogP contribution in [0.1, 0.15) is 77.6 Å². The van der Waals surface area contributed by atoms with Gasteiger partial charge in [-0.15, -0.1) is 0 Å². The van der Waals surface area contributed by atoms with Crippen molar-refractivity contribution in [1.29, 1.82) is 0 Å². The van der Waals surface area contributed by atoms with Crippen LogP contribution in [0, 0.1) is 29.6 Å². The van der Waals surface area contributed by atoms with E-state index in [-0.39, 0.29) is 0 Å². The molecular formula is C25H48N4. The van der Waals surface area contributed by atoms with E-state index in [9.17, 15) is 0 Å². The van der Waals surface area contributed by atoms with E-state index in [0.717, 1.165) is 36.1 Å². The van der Waals surface area contributed by atoms with Crippen LogP contribution in [0.25, 0.3) is 0 Å². The van der Waals surface area contributed by atoms with Gasteiger partial charge in [-0.25, -0.2) is 0 Å². The third-order valence-corrected chi connectivity index (χ3v) is 8.41. The Kier molecular flexibility index (Phi) is 8.31. The molecule has 4 N–H and O–H groups in total. The Morgan fingerprint density at radius 3 is 1.62 bits per heavy atom. The number of rotatable bonds is 16. The normalized spacial score (nSPS) is 37.3. The second-order valence-electron chi connectivity index (χ2n) is 11.1. The van der Waals surface area contributed by atoms with Crippen molar-refractivity contribution in [3.63, 3.8) is 0 Å². The minimum absolute atomic E-state index is 0.558. The molecule has 4 bridgehead atoms. The molecule has 4 heteroatoms. The standard InChI is InChI=1S/C25H48N4/c1-2-26-7-3-4-8-27-18-23-14-24(23)19-28-9-5-6-10-29-25-15-20-11-21(16-25)13-22(12-20)17-25/h20-24,26-29H,2-19H2,1H3/t20?,21?,22?,23-,24+,25?/m1/s1. The van der Waals surface area contributed by atoms with Crippen LogP contribution in [0.4, 0.5) is 0 Å². The molecule has 0 amide bonds. The van der Waals surface area contributed by atoms with Gasteiger partial charge in [0.1, 0.15) is 0 Å². The average Bonchev–Trinajstić information content (AvgIpc) is 3.43. The maximum Gasteiger partial charge on any atom is 0.0189 e. The van der Waals surface area contributed by atoms with Crippen molar-refractivity contribution in [2.45, 2.75) is 83.1 Å². The first-order valence-electron chi connectivity index (χ1n) is 13.1. The van der Waals surface area contributed by atoms with Crippen LogP contribution in [0.15, 0.2) is 0 Å². The summed E-state index contributed by atoms with van der Waals surface area (Å²) in [5.41, 5.74) is 0.558. The third kappa shape index (κ3) is 6.66. The van der Waals surface area contributed by atoms with Gasteiger partial charge in [-0.3, -0.25) is 0 Å². The number of nitrogens with one attached hydrogen (secondary N) is 4. The van der Waals surface area contributed by atoms with Gasteiger partial charge in [-0.2, -0.15) is 0 Å². The van der Waals surface area contributed by atoms with Gasteiger partial charge in [0.2, 0.25) is 0 Å². The van der Waals surface area contributed by atoms with Crippen molar-refractivity contribution in [3.8, 4) is 0 Å². The first-order chi connectivity index (χ1) is 14.3. The lowest BCUT2D eigenvalue weighted by Crippen LogP contribution is -2.58. The summed E-state index contributed by atoms with van der Waals surface area (Å²) < 4.78 is 0. The Balaban J connectivity index is 0.947. The van der Waals surface area contributed by atoms with Gasteiger partial charge < -0.3 is 21.3 Å². The molecule has 0 aromatic carbocycles. The minimum atomic E-state index is 0.558. The van der Waals surface area contributed by atoms with E-state index >= 15 is 0 Å². The molecule has 0 unspecified atom stereocenters. The second kappa shape index (κ2) is 10.9. The van der Waals surface area contributed by atoms with Gasteiger partial charge in [0, 0.05) is 5.54 Å². The lowest BCUT2D eigenvalue weighted by Gasteiger charge is -2.57. The first kappa shape index (κ1) is 22.0. The largest absolute Gasteiger partial charge is 0.317 e. The molecule has 4 nitrogen and oxygen atoms in total. The summed E-state index contributed by atoms with van der Waals surface area (Å²) in [5.74, 6) is 5.07. The molecule has 0 radical (unpaired) electrons. The van der Waals surface area contributed by atoms with E-state index in [4.69, 9.17) is 0 Å². The molecule has 5 aliphatic carbocycles. The van der Waals surface area contributed by atoms with E-state index in [1.54, 1.807) is 19.3 Å². The fourth-order valence-corrected chi connectivity index (χ4v) is 7.12. The molecule has 5 rings (SSSR count). The second-order valence-corrected chi connectivity index (χ2v) is 11.1. The number of hydrogen-bond acceptors (Lipinski definition) is 4. The fourth-order valence-electron chi connectivity index (χ4n) is 7.12. The first-order valence-corrected chi connectivity index (χ1v) is 13.1. The van der Waals surface area contributed by atoms with Crippen molar-refractivity contribution in [2.75, 3.05) is 45.8 Å². The highest BCUT2D eigenvalue weighted by molar-refractivity contribution is 5.06. The molecule has 5 fully saturated rings. The summed E-state index contributed by atoms with van der Waals surface area (Å²) in [7, 11) is 0. The molecule has 2 atom stereocenters. The van der Waals surface area contributed by atoms with Gasteiger partial charge in [0.15, 0.2) is 0 Å². The molecule has 0 aromatic heterocycles. The van der Waals surface area contributed by atoms with Crippen LogP contribution >= 0.6 is 0 Å². The Morgan fingerprint density at radius 2 is 1.10 bits per heavy atom. The molecular weight excluding hydrogens is 356 g/mol. The monoisotopic (exact) mass is 404 g/mol. The Hall–Kier alpha value is -0.160. The van der Waals surface area contributed by atoms with Gasteiger partial charge in [0.05, 0.1) is 0 Å². The van der Waals surface area contributed by atoms with E-state index in [1.165, 1.54) is 90.6 Å². The van der Waals surface area contributed by atoms with Crippen molar-refractivity contribution in [1.82, 2.24) is 21.3 Å². The Morgan fingerprint density at radius 1 is 0.621 bits per heavy atom. The topological polar surface area (TPSA) is 48.1 Å². The van der Waals surface area contributed by atoms with E-state index in [2.05, 4.69) is 28.2 Å². The molecule has 29 heavy (non-hydrogen) atoms. The lowest BCUT2D eigenvalue weighted by atomic mass is 9.53. The molecule has 0 aliphatic heterocycles. The molecule has 168 valence electrons. The molecule has 5 aliphatic rings. The summed E-state index contributed by atoms with van der Waals surface area (Å²) in [5, 5.41) is 14.8. The van der Waals surface area contributed by atoms with Gasteiger partial charge in [-0.1, -0.05) is 6.92 Å². The maximum atomic E-state index is 4.05. The zero-order chi connectivity index (χ0) is 19.9. The maximum absolute atomic E-state index is 4.05. The SMILES string of the molecule is CCNCCCCNC[C@H]1C[C@H]1CNCCCCNC12CC3CC(CC(C3)C1)C2. The predicted molar refractivity (Wildman–Crippen MR) is 123 cm³/mol. The van der Waals surface area contributed by atoms with Gasteiger partial charge in [-0.05, 0) is 146 Å². The average molecular weight is 405 g/mol. The highest BCUT2D eigenvalue weighted by Crippen LogP contribution is 2.55.